The zero-order valence-corrected chi connectivity index (χ0v) is 10.00. The molecule has 90 valence electrons. The van der Waals surface area contributed by atoms with E-state index in [0.29, 0.717) is 12.0 Å². The van der Waals surface area contributed by atoms with Gasteiger partial charge in [0.2, 0.25) is 0 Å². The van der Waals surface area contributed by atoms with Crippen LogP contribution < -0.4 is 5.32 Å². The van der Waals surface area contributed by atoms with E-state index in [9.17, 15) is 10.2 Å². The molecule has 15 heavy (non-hydrogen) atoms. The fourth-order valence-electron chi connectivity index (χ4n) is 2.58. The van der Waals surface area contributed by atoms with Crippen LogP contribution in [-0.4, -0.2) is 35.0 Å². The maximum absolute atomic E-state index is 9.37. The normalized spacial score (nSPS) is 27.2. The molecular weight excluding hydrogens is 190 g/mol. The molecule has 0 amide bonds. The van der Waals surface area contributed by atoms with Gasteiger partial charge in [-0.15, -0.1) is 0 Å². The molecule has 0 heterocycles. The van der Waals surface area contributed by atoms with Gasteiger partial charge in [0.1, 0.15) is 0 Å². The smallest absolute Gasteiger partial charge is 0.0647 e. The van der Waals surface area contributed by atoms with Crippen molar-refractivity contribution in [1.82, 2.24) is 5.32 Å². The largest absolute Gasteiger partial charge is 0.394 e. The summed E-state index contributed by atoms with van der Waals surface area (Å²) in [5.74, 6) is 0.717. The van der Waals surface area contributed by atoms with Crippen LogP contribution in [0.5, 0.6) is 0 Å². The van der Waals surface area contributed by atoms with E-state index in [1.54, 1.807) is 0 Å². The quantitative estimate of drug-likeness (QED) is 0.626. The Hall–Kier alpha value is -0.120. The van der Waals surface area contributed by atoms with E-state index in [4.69, 9.17) is 0 Å². The van der Waals surface area contributed by atoms with Crippen molar-refractivity contribution < 1.29 is 10.2 Å². The summed E-state index contributed by atoms with van der Waals surface area (Å²) in [5, 5.41) is 22.2. The van der Waals surface area contributed by atoms with Crippen LogP contribution in [0.4, 0.5) is 0 Å². The molecule has 0 bridgehead atoms. The van der Waals surface area contributed by atoms with Gasteiger partial charge in [0, 0.05) is 6.04 Å². The molecule has 3 heteroatoms. The van der Waals surface area contributed by atoms with Gasteiger partial charge in [0.05, 0.1) is 18.8 Å². The second-order valence-electron chi connectivity index (χ2n) is 4.80. The third kappa shape index (κ3) is 2.92. The predicted molar refractivity (Wildman–Crippen MR) is 61.7 cm³/mol. The van der Waals surface area contributed by atoms with Crippen LogP contribution in [-0.2, 0) is 0 Å². The zero-order valence-electron chi connectivity index (χ0n) is 10.00. The number of aliphatic hydroxyl groups is 2. The summed E-state index contributed by atoms with van der Waals surface area (Å²) in [6.45, 7) is 4.27. The fourth-order valence-corrected chi connectivity index (χ4v) is 2.58. The Kier molecular flexibility index (Phi) is 5.03. The minimum Gasteiger partial charge on any atom is -0.394 e. The lowest BCUT2D eigenvalue weighted by molar-refractivity contribution is 0.0722. The van der Waals surface area contributed by atoms with Crippen LogP contribution in [0.25, 0.3) is 0 Å². The number of hydrogen-bond acceptors (Lipinski definition) is 3. The SMILES string of the molecule is CCC1CCCC1NC(CC)(CO)CO. The molecule has 0 spiro atoms. The lowest BCUT2D eigenvalue weighted by atomic mass is 9.93. The van der Waals surface area contributed by atoms with Gasteiger partial charge < -0.3 is 15.5 Å². The summed E-state index contributed by atoms with van der Waals surface area (Å²) in [6, 6.07) is 0.481. The molecule has 0 aliphatic heterocycles. The summed E-state index contributed by atoms with van der Waals surface area (Å²) < 4.78 is 0. The molecule has 1 aliphatic rings. The summed E-state index contributed by atoms with van der Waals surface area (Å²) in [4.78, 5) is 0. The van der Waals surface area contributed by atoms with Gasteiger partial charge in [-0.1, -0.05) is 26.7 Å². The summed E-state index contributed by atoms with van der Waals surface area (Å²) in [6.07, 6.45) is 5.69. The standard InChI is InChI=1S/C12H25NO2/c1-3-10-6-5-7-11(10)13-12(4-2,8-14)9-15/h10-11,13-15H,3-9H2,1-2H3. The number of nitrogens with one attached hydrogen (secondary N) is 1. The van der Waals surface area contributed by atoms with Crippen LogP contribution in [0.15, 0.2) is 0 Å². The van der Waals surface area contributed by atoms with Gasteiger partial charge in [-0.2, -0.15) is 0 Å². The minimum atomic E-state index is -0.470. The van der Waals surface area contributed by atoms with Gasteiger partial charge in [-0.05, 0) is 25.2 Å². The summed E-state index contributed by atoms with van der Waals surface area (Å²) in [5.41, 5.74) is -0.470. The van der Waals surface area contributed by atoms with Gasteiger partial charge in [0.25, 0.3) is 0 Å². The minimum absolute atomic E-state index is 0.0208. The van der Waals surface area contributed by atoms with Crippen LogP contribution in [0.3, 0.4) is 0 Å². The fraction of sp³-hybridized carbons (Fsp3) is 1.00. The van der Waals surface area contributed by atoms with Crippen molar-refractivity contribution in [2.45, 2.75) is 57.5 Å². The maximum Gasteiger partial charge on any atom is 0.0647 e. The third-order valence-electron chi connectivity index (χ3n) is 3.96. The van der Waals surface area contributed by atoms with Crippen molar-refractivity contribution in [3.8, 4) is 0 Å². The molecule has 1 rings (SSSR count). The van der Waals surface area contributed by atoms with Crippen molar-refractivity contribution in [2.24, 2.45) is 5.92 Å². The summed E-state index contributed by atoms with van der Waals surface area (Å²) in [7, 11) is 0. The van der Waals surface area contributed by atoms with Crippen LogP contribution in [0.1, 0.15) is 46.0 Å². The molecule has 2 unspecified atom stereocenters. The lowest BCUT2D eigenvalue weighted by Crippen LogP contribution is -2.56. The Morgan fingerprint density at radius 3 is 2.33 bits per heavy atom. The first-order valence-corrected chi connectivity index (χ1v) is 6.20. The summed E-state index contributed by atoms with van der Waals surface area (Å²) >= 11 is 0. The van der Waals surface area contributed by atoms with Gasteiger partial charge in [-0.3, -0.25) is 0 Å². The average Bonchev–Trinajstić information content (AvgIpc) is 2.73. The highest BCUT2D eigenvalue weighted by molar-refractivity contribution is 4.93. The van der Waals surface area contributed by atoms with Crippen molar-refractivity contribution in [3.05, 3.63) is 0 Å². The molecule has 0 aromatic carbocycles. The first-order chi connectivity index (χ1) is 7.21. The Balaban J connectivity index is 2.57. The Labute approximate surface area is 92.9 Å². The molecule has 0 aromatic rings. The molecule has 2 atom stereocenters. The molecule has 3 nitrogen and oxygen atoms in total. The first kappa shape index (κ1) is 12.9. The molecule has 1 fully saturated rings. The van der Waals surface area contributed by atoms with E-state index in [2.05, 4.69) is 12.2 Å². The predicted octanol–water partition coefficient (Wildman–Crippen LogP) is 1.29. The van der Waals surface area contributed by atoms with Crippen molar-refractivity contribution in [2.75, 3.05) is 13.2 Å². The van der Waals surface area contributed by atoms with Crippen LogP contribution >= 0.6 is 0 Å². The van der Waals surface area contributed by atoms with Crippen LogP contribution in [0, 0.1) is 5.92 Å². The van der Waals surface area contributed by atoms with E-state index >= 15 is 0 Å². The molecule has 3 N–H and O–H groups in total. The second kappa shape index (κ2) is 5.83. The van der Waals surface area contributed by atoms with E-state index in [-0.39, 0.29) is 13.2 Å². The molecule has 1 aliphatic carbocycles. The lowest BCUT2D eigenvalue weighted by Gasteiger charge is -2.35. The molecular formula is C12H25NO2. The van der Waals surface area contributed by atoms with Crippen molar-refractivity contribution in [1.29, 1.82) is 0 Å². The number of aliphatic hydroxyl groups excluding tert-OH is 2. The Bertz CT molecular complexity index is 172. The maximum atomic E-state index is 9.37. The van der Waals surface area contributed by atoms with Gasteiger partial charge >= 0.3 is 0 Å². The molecule has 0 saturated heterocycles. The zero-order chi connectivity index (χ0) is 11.3. The molecule has 0 radical (unpaired) electrons. The number of rotatable bonds is 6. The third-order valence-corrected chi connectivity index (χ3v) is 3.96. The highest BCUT2D eigenvalue weighted by atomic mass is 16.3. The topological polar surface area (TPSA) is 52.5 Å². The Morgan fingerprint density at radius 2 is 1.87 bits per heavy atom. The highest BCUT2D eigenvalue weighted by Gasteiger charge is 2.34. The molecule has 1 saturated carbocycles. The van der Waals surface area contributed by atoms with Crippen LogP contribution in [0.2, 0.25) is 0 Å². The number of hydrogen-bond donors (Lipinski definition) is 3. The second-order valence-corrected chi connectivity index (χ2v) is 4.80. The van der Waals surface area contributed by atoms with Crippen molar-refractivity contribution >= 4 is 0 Å². The van der Waals surface area contributed by atoms with E-state index < -0.39 is 5.54 Å². The van der Waals surface area contributed by atoms with E-state index in [0.717, 1.165) is 6.42 Å². The Morgan fingerprint density at radius 1 is 1.20 bits per heavy atom. The average molecular weight is 215 g/mol. The first-order valence-electron chi connectivity index (χ1n) is 6.20. The van der Waals surface area contributed by atoms with Crippen molar-refractivity contribution in [3.63, 3.8) is 0 Å². The highest BCUT2D eigenvalue weighted by Crippen LogP contribution is 2.30. The molecule has 0 aromatic heterocycles. The van der Waals surface area contributed by atoms with Gasteiger partial charge in [0.15, 0.2) is 0 Å². The van der Waals surface area contributed by atoms with E-state index in [1.165, 1.54) is 25.7 Å². The van der Waals surface area contributed by atoms with Gasteiger partial charge in [-0.25, -0.2) is 0 Å². The monoisotopic (exact) mass is 215 g/mol. The van der Waals surface area contributed by atoms with E-state index in [1.807, 2.05) is 6.92 Å².